The summed E-state index contributed by atoms with van der Waals surface area (Å²) in [6, 6.07) is 0.331. The Labute approximate surface area is 75.5 Å². The van der Waals surface area contributed by atoms with E-state index in [4.69, 9.17) is 10.5 Å². The van der Waals surface area contributed by atoms with Crippen LogP contribution in [0.15, 0.2) is 0 Å². The van der Waals surface area contributed by atoms with Gasteiger partial charge in [0.1, 0.15) is 0 Å². The molecule has 0 bridgehead atoms. The molecule has 0 saturated heterocycles. The second-order valence-electron chi connectivity index (χ2n) is 3.98. The van der Waals surface area contributed by atoms with Gasteiger partial charge in [-0.05, 0) is 18.8 Å². The Hall–Kier alpha value is -0.0800. The van der Waals surface area contributed by atoms with Gasteiger partial charge in [0.2, 0.25) is 0 Å². The van der Waals surface area contributed by atoms with Gasteiger partial charge in [0.15, 0.2) is 0 Å². The molecule has 0 amide bonds. The summed E-state index contributed by atoms with van der Waals surface area (Å²) in [5.41, 5.74) is 6.37. The van der Waals surface area contributed by atoms with E-state index in [1.807, 2.05) is 0 Å². The molecule has 2 nitrogen and oxygen atoms in total. The van der Waals surface area contributed by atoms with Crippen LogP contribution in [0.1, 0.15) is 33.6 Å². The van der Waals surface area contributed by atoms with Gasteiger partial charge in [0.05, 0.1) is 6.10 Å². The van der Waals surface area contributed by atoms with Gasteiger partial charge in [-0.3, -0.25) is 0 Å². The number of ether oxygens (including phenoxy) is 1. The number of methoxy groups -OCH3 is 1. The van der Waals surface area contributed by atoms with Crippen molar-refractivity contribution in [3.8, 4) is 0 Å². The molecule has 0 aromatic carbocycles. The van der Waals surface area contributed by atoms with Crippen molar-refractivity contribution in [2.75, 3.05) is 7.11 Å². The predicted molar refractivity (Wildman–Crippen MR) is 51.0 cm³/mol. The van der Waals surface area contributed by atoms with Crippen LogP contribution in [0.5, 0.6) is 0 Å². The van der Waals surface area contributed by atoms with Crippen molar-refractivity contribution in [3.05, 3.63) is 0 Å². The molecule has 12 heavy (non-hydrogen) atoms. The Morgan fingerprint density at radius 1 is 1.33 bits per heavy atom. The van der Waals surface area contributed by atoms with Crippen LogP contribution in [0.3, 0.4) is 0 Å². The van der Waals surface area contributed by atoms with Gasteiger partial charge in [0, 0.05) is 18.6 Å². The van der Waals surface area contributed by atoms with E-state index in [1.165, 1.54) is 0 Å². The van der Waals surface area contributed by atoms with E-state index in [0.29, 0.717) is 18.1 Å². The zero-order valence-corrected chi connectivity index (χ0v) is 8.63. The van der Waals surface area contributed by atoms with Crippen molar-refractivity contribution in [1.29, 1.82) is 0 Å². The number of rotatable bonds is 3. The van der Waals surface area contributed by atoms with Crippen molar-refractivity contribution >= 4 is 0 Å². The lowest BCUT2D eigenvalue weighted by Gasteiger charge is -2.58. The minimum atomic E-state index is 0.258. The van der Waals surface area contributed by atoms with Crippen molar-refractivity contribution < 1.29 is 4.74 Å². The van der Waals surface area contributed by atoms with E-state index in [-0.39, 0.29) is 5.41 Å². The average molecular weight is 171 g/mol. The molecule has 0 heterocycles. The van der Waals surface area contributed by atoms with Crippen molar-refractivity contribution in [1.82, 2.24) is 0 Å². The smallest absolute Gasteiger partial charge is 0.0682 e. The predicted octanol–water partition coefficient (Wildman–Crippen LogP) is 1.78. The normalized spacial score (nSPS) is 39.2. The Balaban J connectivity index is 2.74. The fraction of sp³-hybridized carbons (Fsp3) is 1.00. The van der Waals surface area contributed by atoms with Gasteiger partial charge in [-0.2, -0.15) is 0 Å². The highest BCUT2D eigenvalue weighted by molar-refractivity contribution is 5.09. The summed E-state index contributed by atoms with van der Waals surface area (Å²) in [5.74, 6) is 0.523. The van der Waals surface area contributed by atoms with Crippen LogP contribution in [-0.2, 0) is 4.74 Å². The van der Waals surface area contributed by atoms with Crippen LogP contribution < -0.4 is 5.73 Å². The molecule has 1 rings (SSSR count). The number of nitrogens with two attached hydrogens (primary N) is 1. The van der Waals surface area contributed by atoms with Crippen LogP contribution in [0.4, 0.5) is 0 Å². The lowest BCUT2D eigenvalue weighted by Crippen LogP contribution is -2.67. The van der Waals surface area contributed by atoms with E-state index in [2.05, 4.69) is 20.8 Å². The highest BCUT2D eigenvalue weighted by Gasteiger charge is 2.56. The summed E-state index contributed by atoms with van der Waals surface area (Å²) in [7, 11) is 1.80. The molecule has 72 valence electrons. The third kappa shape index (κ3) is 1.01. The molecule has 1 aliphatic rings. The number of hydrogen-bond acceptors (Lipinski definition) is 2. The van der Waals surface area contributed by atoms with Gasteiger partial charge >= 0.3 is 0 Å². The van der Waals surface area contributed by atoms with Crippen molar-refractivity contribution in [3.63, 3.8) is 0 Å². The molecular formula is C10H21NO. The molecule has 0 radical (unpaired) electrons. The fourth-order valence-electron chi connectivity index (χ4n) is 2.88. The van der Waals surface area contributed by atoms with Crippen LogP contribution in [-0.4, -0.2) is 19.3 Å². The maximum Gasteiger partial charge on any atom is 0.0682 e. The lowest BCUT2D eigenvalue weighted by atomic mass is 9.53. The molecule has 2 heteroatoms. The summed E-state index contributed by atoms with van der Waals surface area (Å²) in [4.78, 5) is 0. The zero-order chi connectivity index (χ0) is 9.35. The van der Waals surface area contributed by atoms with E-state index in [0.717, 1.165) is 12.8 Å². The van der Waals surface area contributed by atoms with E-state index >= 15 is 0 Å². The highest BCUT2D eigenvalue weighted by atomic mass is 16.5. The third-order valence-corrected chi connectivity index (χ3v) is 3.84. The second kappa shape index (κ2) is 3.35. The molecule has 1 saturated carbocycles. The van der Waals surface area contributed by atoms with Gasteiger partial charge in [0.25, 0.3) is 0 Å². The molecule has 2 N–H and O–H groups in total. The molecule has 0 aromatic heterocycles. The molecule has 3 atom stereocenters. The Bertz CT molecular complexity index is 154. The van der Waals surface area contributed by atoms with E-state index in [9.17, 15) is 0 Å². The summed E-state index contributed by atoms with van der Waals surface area (Å²) < 4.78 is 5.49. The Kier molecular flexibility index (Phi) is 2.79. The van der Waals surface area contributed by atoms with Gasteiger partial charge in [-0.15, -0.1) is 0 Å². The SMILES string of the molecule is CCC1(CC)[C@@H](N)[C@H](C)[C@@H]1OC. The standard InChI is InChI=1S/C10H21NO/c1-5-10(6-2)8(11)7(3)9(10)12-4/h7-9H,5-6,11H2,1-4H3/t7-,8-,9-/m0/s1. The third-order valence-electron chi connectivity index (χ3n) is 3.84. The molecule has 0 unspecified atom stereocenters. The van der Waals surface area contributed by atoms with Gasteiger partial charge in [-0.25, -0.2) is 0 Å². The minimum absolute atomic E-state index is 0.258. The Morgan fingerprint density at radius 2 is 1.83 bits per heavy atom. The lowest BCUT2D eigenvalue weighted by molar-refractivity contribution is -0.156. The summed E-state index contributed by atoms with van der Waals surface area (Å²) in [6.45, 7) is 6.60. The van der Waals surface area contributed by atoms with E-state index < -0.39 is 0 Å². The molecule has 1 aliphatic carbocycles. The monoisotopic (exact) mass is 171 g/mol. The first-order valence-corrected chi connectivity index (χ1v) is 4.92. The summed E-state index contributed by atoms with van der Waals surface area (Å²) in [5, 5.41) is 0. The van der Waals surface area contributed by atoms with Crippen LogP contribution in [0.25, 0.3) is 0 Å². The summed E-state index contributed by atoms with van der Waals surface area (Å²) >= 11 is 0. The molecule has 0 aliphatic heterocycles. The van der Waals surface area contributed by atoms with Gasteiger partial charge < -0.3 is 10.5 Å². The quantitative estimate of drug-likeness (QED) is 0.702. The summed E-state index contributed by atoms with van der Waals surface area (Å²) in [6.07, 6.45) is 2.64. The first kappa shape index (κ1) is 10.0. The topological polar surface area (TPSA) is 35.2 Å². The van der Waals surface area contributed by atoms with Crippen LogP contribution in [0, 0.1) is 11.3 Å². The molecule has 0 spiro atoms. The van der Waals surface area contributed by atoms with Crippen LogP contribution >= 0.6 is 0 Å². The van der Waals surface area contributed by atoms with E-state index in [1.54, 1.807) is 7.11 Å². The van der Waals surface area contributed by atoms with Crippen molar-refractivity contribution in [2.24, 2.45) is 17.1 Å². The molecule has 0 aromatic rings. The second-order valence-corrected chi connectivity index (χ2v) is 3.98. The first-order chi connectivity index (χ1) is 5.64. The Morgan fingerprint density at radius 3 is 2.08 bits per heavy atom. The maximum atomic E-state index is 6.11. The molecular weight excluding hydrogens is 150 g/mol. The fourth-order valence-corrected chi connectivity index (χ4v) is 2.88. The maximum absolute atomic E-state index is 6.11. The largest absolute Gasteiger partial charge is 0.380 e. The van der Waals surface area contributed by atoms with Gasteiger partial charge in [-0.1, -0.05) is 20.8 Å². The first-order valence-electron chi connectivity index (χ1n) is 4.92. The highest BCUT2D eigenvalue weighted by Crippen LogP contribution is 2.50. The average Bonchev–Trinajstić information content (AvgIpc) is 2.12. The minimum Gasteiger partial charge on any atom is -0.380 e. The van der Waals surface area contributed by atoms with Crippen molar-refractivity contribution in [2.45, 2.75) is 45.8 Å². The molecule has 1 fully saturated rings. The number of hydrogen-bond donors (Lipinski definition) is 1. The zero-order valence-electron chi connectivity index (χ0n) is 8.63. The van der Waals surface area contributed by atoms with Crippen LogP contribution in [0.2, 0.25) is 0 Å².